The molecule has 0 aliphatic carbocycles. The Hall–Kier alpha value is -2.46. The van der Waals surface area contributed by atoms with Crippen LogP contribution in [0.1, 0.15) is 55.5 Å². The third kappa shape index (κ3) is 4.27. The Morgan fingerprint density at radius 2 is 1.76 bits per heavy atom. The first-order valence-corrected chi connectivity index (χ1v) is 10.6. The molecule has 3 aromatic rings. The molecular weight excluding hydrogens is 360 g/mol. The van der Waals surface area contributed by atoms with Gasteiger partial charge in [-0.15, -0.1) is 0 Å². The van der Waals surface area contributed by atoms with Gasteiger partial charge in [0.2, 0.25) is 5.88 Å². The minimum Gasteiger partial charge on any atom is -0.478 e. The monoisotopic (exact) mass is 392 g/mol. The summed E-state index contributed by atoms with van der Waals surface area (Å²) in [7, 11) is 1.77. The Kier molecular flexibility index (Phi) is 6.86. The second-order valence-corrected chi connectivity index (χ2v) is 7.51. The number of benzene rings is 1. The summed E-state index contributed by atoms with van der Waals surface area (Å²) in [5.74, 6) is 1.05. The van der Waals surface area contributed by atoms with E-state index < -0.39 is 0 Å². The lowest BCUT2D eigenvalue weighted by atomic mass is 9.90. The number of aromatic nitrogens is 2. The van der Waals surface area contributed by atoms with E-state index in [9.17, 15) is 0 Å². The predicted molar refractivity (Wildman–Crippen MR) is 120 cm³/mol. The van der Waals surface area contributed by atoms with Crippen LogP contribution in [0.4, 0.5) is 0 Å². The van der Waals surface area contributed by atoms with Gasteiger partial charge in [0.15, 0.2) is 0 Å². The lowest BCUT2D eigenvalue weighted by molar-refractivity contribution is 0.178. The SMILES string of the molecule is CCOc1ccc(-c2nc3c(C)ccc(C(CC)COC)c3cc2C)c(CC)n1. The summed E-state index contributed by atoms with van der Waals surface area (Å²) in [5.41, 5.74) is 7.84. The van der Waals surface area contributed by atoms with Crippen molar-refractivity contribution in [1.29, 1.82) is 0 Å². The zero-order valence-corrected chi connectivity index (χ0v) is 18.5. The second kappa shape index (κ2) is 9.36. The Morgan fingerprint density at radius 1 is 0.966 bits per heavy atom. The maximum Gasteiger partial charge on any atom is 0.213 e. The van der Waals surface area contributed by atoms with Crippen molar-refractivity contribution >= 4 is 10.9 Å². The van der Waals surface area contributed by atoms with E-state index in [1.807, 2.05) is 13.0 Å². The molecule has 0 amide bonds. The molecule has 0 radical (unpaired) electrons. The fourth-order valence-electron chi connectivity index (χ4n) is 3.97. The van der Waals surface area contributed by atoms with Crippen LogP contribution in [0.2, 0.25) is 0 Å². The van der Waals surface area contributed by atoms with Gasteiger partial charge in [-0.2, -0.15) is 0 Å². The molecule has 1 unspecified atom stereocenters. The molecule has 0 aliphatic rings. The molecule has 0 N–H and O–H groups in total. The molecule has 0 saturated heterocycles. The van der Waals surface area contributed by atoms with Gasteiger partial charge in [-0.25, -0.2) is 9.97 Å². The van der Waals surface area contributed by atoms with Crippen molar-refractivity contribution in [3.63, 3.8) is 0 Å². The molecule has 0 spiro atoms. The van der Waals surface area contributed by atoms with Crippen molar-refractivity contribution in [2.24, 2.45) is 0 Å². The summed E-state index contributed by atoms with van der Waals surface area (Å²) in [4.78, 5) is 9.85. The molecule has 29 heavy (non-hydrogen) atoms. The summed E-state index contributed by atoms with van der Waals surface area (Å²) < 4.78 is 11.1. The van der Waals surface area contributed by atoms with Gasteiger partial charge < -0.3 is 9.47 Å². The first kappa shape index (κ1) is 21.3. The van der Waals surface area contributed by atoms with Gasteiger partial charge in [-0.05, 0) is 62.4 Å². The zero-order valence-electron chi connectivity index (χ0n) is 18.5. The highest BCUT2D eigenvalue weighted by Crippen LogP contribution is 2.34. The van der Waals surface area contributed by atoms with Crippen LogP contribution in [-0.4, -0.2) is 30.3 Å². The van der Waals surface area contributed by atoms with Crippen molar-refractivity contribution in [3.05, 3.63) is 52.7 Å². The highest BCUT2D eigenvalue weighted by molar-refractivity contribution is 5.89. The quantitative estimate of drug-likeness (QED) is 0.470. The van der Waals surface area contributed by atoms with Gasteiger partial charge in [0.25, 0.3) is 0 Å². The van der Waals surface area contributed by atoms with Gasteiger partial charge >= 0.3 is 0 Å². The standard InChI is InChI=1S/C25H32N2O2/c1-7-18(15-28-6)19-11-10-16(4)24-21(19)14-17(5)25(27-24)20-12-13-23(29-9-3)26-22(20)8-2/h10-14,18H,7-9,15H2,1-6H3. The van der Waals surface area contributed by atoms with E-state index in [4.69, 9.17) is 19.4 Å². The van der Waals surface area contributed by atoms with Crippen LogP contribution >= 0.6 is 0 Å². The minimum absolute atomic E-state index is 0.369. The third-order valence-electron chi connectivity index (χ3n) is 5.54. The van der Waals surface area contributed by atoms with E-state index in [1.165, 1.54) is 16.5 Å². The van der Waals surface area contributed by atoms with Crippen LogP contribution in [0.25, 0.3) is 22.2 Å². The van der Waals surface area contributed by atoms with Crippen molar-refractivity contribution < 1.29 is 9.47 Å². The largest absolute Gasteiger partial charge is 0.478 e. The van der Waals surface area contributed by atoms with Crippen molar-refractivity contribution in [2.75, 3.05) is 20.3 Å². The average molecular weight is 393 g/mol. The predicted octanol–water partition coefficient (Wildman–Crippen LogP) is 6.01. The molecule has 0 aliphatic heterocycles. The topological polar surface area (TPSA) is 44.2 Å². The number of pyridine rings is 2. The number of rotatable bonds is 8. The van der Waals surface area contributed by atoms with Crippen LogP contribution in [-0.2, 0) is 11.2 Å². The van der Waals surface area contributed by atoms with Gasteiger partial charge in [-0.3, -0.25) is 0 Å². The number of aryl methyl sites for hydroxylation is 3. The third-order valence-corrected chi connectivity index (χ3v) is 5.54. The molecular formula is C25H32N2O2. The maximum absolute atomic E-state index is 5.59. The number of ether oxygens (including phenoxy) is 2. The number of hydrogen-bond donors (Lipinski definition) is 0. The summed E-state index contributed by atoms with van der Waals surface area (Å²) >= 11 is 0. The fraction of sp³-hybridized carbons (Fsp3) is 0.440. The first-order valence-electron chi connectivity index (χ1n) is 10.6. The maximum atomic E-state index is 5.59. The number of hydrogen-bond acceptors (Lipinski definition) is 4. The molecule has 0 bridgehead atoms. The summed E-state index contributed by atoms with van der Waals surface area (Å²) in [6.45, 7) is 11.9. The second-order valence-electron chi connectivity index (χ2n) is 7.51. The van der Waals surface area contributed by atoms with E-state index in [1.54, 1.807) is 7.11 Å². The van der Waals surface area contributed by atoms with Crippen LogP contribution < -0.4 is 4.74 Å². The lowest BCUT2D eigenvalue weighted by Crippen LogP contribution is -2.07. The molecule has 4 heteroatoms. The molecule has 3 rings (SSSR count). The molecule has 4 nitrogen and oxygen atoms in total. The summed E-state index contributed by atoms with van der Waals surface area (Å²) in [6.07, 6.45) is 1.87. The average Bonchev–Trinajstić information content (AvgIpc) is 2.73. The van der Waals surface area contributed by atoms with E-state index in [0.717, 1.165) is 47.5 Å². The highest BCUT2D eigenvalue weighted by Gasteiger charge is 2.18. The molecule has 2 aromatic heterocycles. The van der Waals surface area contributed by atoms with Gasteiger partial charge in [0, 0.05) is 30.0 Å². The van der Waals surface area contributed by atoms with Gasteiger partial charge in [0.05, 0.1) is 30.1 Å². The Bertz CT molecular complexity index is 998. The minimum atomic E-state index is 0.369. The molecule has 0 fully saturated rings. The van der Waals surface area contributed by atoms with Crippen LogP contribution in [0.5, 0.6) is 5.88 Å². The molecule has 1 aromatic carbocycles. The lowest BCUT2D eigenvalue weighted by Gasteiger charge is -2.19. The number of methoxy groups -OCH3 is 1. The van der Waals surface area contributed by atoms with E-state index >= 15 is 0 Å². The first-order chi connectivity index (χ1) is 14.0. The number of nitrogens with zero attached hydrogens (tertiary/aromatic N) is 2. The Morgan fingerprint density at radius 3 is 2.41 bits per heavy atom. The van der Waals surface area contributed by atoms with Gasteiger partial charge in [-0.1, -0.05) is 26.0 Å². The normalized spacial score (nSPS) is 12.3. The van der Waals surface area contributed by atoms with E-state index in [2.05, 4.69) is 52.0 Å². The fourth-order valence-corrected chi connectivity index (χ4v) is 3.97. The highest BCUT2D eigenvalue weighted by atomic mass is 16.5. The Labute approximate surface area is 174 Å². The summed E-state index contributed by atoms with van der Waals surface area (Å²) in [6, 6.07) is 10.7. The van der Waals surface area contributed by atoms with Crippen LogP contribution in [0.15, 0.2) is 30.3 Å². The number of fused-ring (bicyclic) bond motifs is 1. The molecule has 1 atom stereocenters. The van der Waals surface area contributed by atoms with Crippen molar-refractivity contribution in [2.45, 2.75) is 53.4 Å². The molecule has 0 saturated carbocycles. The smallest absolute Gasteiger partial charge is 0.213 e. The van der Waals surface area contributed by atoms with E-state index in [-0.39, 0.29) is 0 Å². The van der Waals surface area contributed by atoms with E-state index in [0.29, 0.717) is 18.4 Å². The van der Waals surface area contributed by atoms with Crippen molar-refractivity contribution in [3.8, 4) is 17.1 Å². The molecule has 154 valence electrons. The Balaban J connectivity index is 2.19. The van der Waals surface area contributed by atoms with Crippen LogP contribution in [0, 0.1) is 13.8 Å². The van der Waals surface area contributed by atoms with Crippen LogP contribution in [0.3, 0.4) is 0 Å². The summed E-state index contributed by atoms with van der Waals surface area (Å²) in [5, 5.41) is 1.23. The molecule has 2 heterocycles. The zero-order chi connectivity index (χ0) is 21.0. The van der Waals surface area contributed by atoms with Gasteiger partial charge in [0.1, 0.15) is 0 Å². The van der Waals surface area contributed by atoms with Crippen molar-refractivity contribution in [1.82, 2.24) is 9.97 Å².